The molecule has 9 nitrogen and oxygen atoms in total. The smallest absolute Gasteiger partial charge is 0.270 e. The number of H-pyrrole nitrogens is 1. The van der Waals surface area contributed by atoms with Crippen molar-refractivity contribution in [3.05, 3.63) is 58.1 Å². The number of carbonyl (C=O) groups is 2. The van der Waals surface area contributed by atoms with Crippen molar-refractivity contribution >= 4 is 40.1 Å². The number of ketones is 1. The number of thioether (sulfide) groups is 1. The molecule has 3 aromatic heterocycles. The number of aryl methyl sites for hydroxylation is 1. The van der Waals surface area contributed by atoms with E-state index in [1.807, 2.05) is 33.6 Å². The lowest BCUT2D eigenvalue weighted by molar-refractivity contribution is 0.0787. The fraction of sp³-hybridized carbons (Fsp3) is 0.400. The number of Topliss-reactive ketones (excluding diaryl/α,β-unsaturated/α-hetero) is 1. The van der Waals surface area contributed by atoms with E-state index in [2.05, 4.69) is 22.1 Å². The molecule has 0 spiro atoms. The average Bonchev–Trinajstić information content (AvgIpc) is 3.65. The molecule has 0 bridgehead atoms. The Hall–Kier alpha value is -3.40. The third-order valence-electron chi connectivity index (χ3n) is 6.42. The van der Waals surface area contributed by atoms with Gasteiger partial charge in [0.1, 0.15) is 5.69 Å². The number of likely N-dealkylation sites (tertiary alicyclic amines) is 1. The Balaban J connectivity index is 1.39. The lowest BCUT2D eigenvalue weighted by Gasteiger charge is -2.13. The number of benzene rings is 1. The van der Waals surface area contributed by atoms with Crippen LogP contribution in [0.2, 0.25) is 0 Å². The van der Waals surface area contributed by atoms with Crippen LogP contribution < -0.4 is 5.56 Å². The van der Waals surface area contributed by atoms with Crippen LogP contribution in [0.5, 0.6) is 0 Å². The first kappa shape index (κ1) is 23.3. The fourth-order valence-electron chi connectivity index (χ4n) is 4.53. The molecule has 1 saturated heterocycles. The summed E-state index contributed by atoms with van der Waals surface area (Å²) in [5, 5.41) is 9.79. The van der Waals surface area contributed by atoms with Crippen LogP contribution in [0, 0.1) is 0 Å². The Labute approximate surface area is 206 Å². The highest BCUT2D eigenvalue weighted by Gasteiger charge is 2.22. The summed E-state index contributed by atoms with van der Waals surface area (Å²) < 4.78 is 3.54. The number of unbranched alkanes of at least 4 members (excludes halogenated alkanes) is 2. The first-order valence-corrected chi connectivity index (χ1v) is 13.1. The Kier molecular flexibility index (Phi) is 6.72. The SMILES string of the molecule is CCCCCn1c(=O)c2ccccc2n2c(SCC(=O)c3c[nH]c(C(=O)N4CCCC4)c3)nnc12. The normalized spacial score (nSPS) is 13.8. The van der Waals surface area contributed by atoms with E-state index in [0.717, 1.165) is 50.7 Å². The minimum absolute atomic E-state index is 0.0647. The number of aromatic nitrogens is 5. The summed E-state index contributed by atoms with van der Waals surface area (Å²) in [6.45, 7) is 4.21. The molecule has 182 valence electrons. The van der Waals surface area contributed by atoms with Crippen LogP contribution >= 0.6 is 11.8 Å². The first-order chi connectivity index (χ1) is 17.1. The van der Waals surface area contributed by atoms with Crippen molar-refractivity contribution in [3.8, 4) is 0 Å². The zero-order valence-corrected chi connectivity index (χ0v) is 20.5. The summed E-state index contributed by atoms with van der Waals surface area (Å²) >= 11 is 1.28. The maximum Gasteiger partial charge on any atom is 0.270 e. The highest BCUT2D eigenvalue weighted by molar-refractivity contribution is 7.99. The Morgan fingerprint density at radius 3 is 2.71 bits per heavy atom. The molecule has 10 heteroatoms. The number of hydrogen-bond acceptors (Lipinski definition) is 6. The third kappa shape index (κ3) is 4.50. The van der Waals surface area contributed by atoms with Crippen LogP contribution in [-0.4, -0.2) is 59.6 Å². The van der Waals surface area contributed by atoms with Crippen molar-refractivity contribution in [3.63, 3.8) is 0 Å². The molecular weight excluding hydrogens is 464 g/mol. The monoisotopic (exact) mass is 492 g/mol. The highest BCUT2D eigenvalue weighted by Crippen LogP contribution is 2.23. The molecule has 1 aliphatic heterocycles. The minimum Gasteiger partial charge on any atom is -0.356 e. The number of aromatic amines is 1. The second-order valence-corrected chi connectivity index (χ2v) is 9.75. The number of fused-ring (bicyclic) bond motifs is 3. The van der Waals surface area contributed by atoms with Gasteiger partial charge in [-0.2, -0.15) is 0 Å². The molecule has 1 aromatic carbocycles. The summed E-state index contributed by atoms with van der Waals surface area (Å²) in [6, 6.07) is 9.04. The number of nitrogens with zero attached hydrogens (tertiary/aromatic N) is 5. The van der Waals surface area contributed by atoms with Crippen molar-refractivity contribution in [2.45, 2.75) is 50.7 Å². The van der Waals surface area contributed by atoms with Gasteiger partial charge in [-0.25, -0.2) is 0 Å². The highest BCUT2D eigenvalue weighted by atomic mass is 32.2. The van der Waals surface area contributed by atoms with E-state index < -0.39 is 0 Å². The minimum atomic E-state index is -0.107. The fourth-order valence-corrected chi connectivity index (χ4v) is 5.37. The van der Waals surface area contributed by atoms with Crippen LogP contribution in [0.1, 0.15) is 59.9 Å². The second kappa shape index (κ2) is 10.1. The Bertz CT molecular complexity index is 1450. The van der Waals surface area contributed by atoms with Gasteiger partial charge >= 0.3 is 0 Å². The van der Waals surface area contributed by atoms with Crippen molar-refractivity contribution < 1.29 is 9.59 Å². The van der Waals surface area contributed by atoms with E-state index in [-0.39, 0.29) is 23.0 Å². The standard InChI is InChI=1S/C25H28N6O3S/c1-2-3-6-13-30-22(33)18-9-4-5-10-20(18)31-24(30)27-28-25(31)35-16-21(32)17-14-19(26-15-17)23(34)29-11-7-8-12-29/h4-5,9-10,14-15,26H,2-3,6-8,11-13,16H2,1H3. The summed E-state index contributed by atoms with van der Waals surface area (Å²) in [7, 11) is 0. The van der Waals surface area contributed by atoms with Gasteiger partial charge in [0.05, 0.1) is 16.7 Å². The largest absolute Gasteiger partial charge is 0.356 e. The summed E-state index contributed by atoms with van der Waals surface area (Å²) in [6.07, 6.45) is 6.58. The zero-order chi connectivity index (χ0) is 24.4. The zero-order valence-electron chi connectivity index (χ0n) is 19.7. The van der Waals surface area contributed by atoms with E-state index in [1.54, 1.807) is 16.8 Å². The Morgan fingerprint density at radius 1 is 1.11 bits per heavy atom. The van der Waals surface area contributed by atoms with Gasteiger partial charge in [0.15, 0.2) is 10.9 Å². The maximum atomic E-state index is 13.1. The van der Waals surface area contributed by atoms with Crippen molar-refractivity contribution in [2.24, 2.45) is 0 Å². The maximum absolute atomic E-state index is 13.1. The van der Waals surface area contributed by atoms with Crippen LogP contribution in [0.15, 0.2) is 46.5 Å². The summed E-state index contributed by atoms with van der Waals surface area (Å²) in [5.41, 5.74) is 1.55. The van der Waals surface area contributed by atoms with Crippen molar-refractivity contribution in [1.29, 1.82) is 0 Å². The quantitative estimate of drug-likeness (QED) is 0.217. The van der Waals surface area contributed by atoms with Gasteiger partial charge in [-0.15, -0.1) is 10.2 Å². The molecule has 1 N–H and O–H groups in total. The summed E-state index contributed by atoms with van der Waals surface area (Å²) in [4.78, 5) is 43.4. The van der Waals surface area contributed by atoms with E-state index in [4.69, 9.17) is 0 Å². The van der Waals surface area contributed by atoms with Crippen LogP contribution in [0.3, 0.4) is 0 Å². The molecule has 1 amide bonds. The molecular formula is C25H28N6O3S. The van der Waals surface area contributed by atoms with Crippen LogP contribution in [0.25, 0.3) is 16.7 Å². The lowest BCUT2D eigenvalue weighted by Crippen LogP contribution is -2.27. The van der Waals surface area contributed by atoms with E-state index in [9.17, 15) is 14.4 Å². The molecule has 1 fully saturated rings. The molecule has 1 aliphatic rings. The van der Waals surface area contributed by atoms with Gasteiger partial charge in [0, 0.05) is 31.4 Å². The third-order valence-corrected chi connectivity index (χ3v) is 7.35. The molecule has 5 rings (SSSR count). The molecule has 4 aromatic rings. The molecule has 0 radical (unpaired) electrons. The molecule has 0 saturated carbocycles. The number of nitrogens with one attached hydrogen (secondary N) is 1. The average molecular weight is 493 g/mol. The molecule has 0 atom stereocenters. The first-order valence-electron chi connectivity index (χ1n) is 12.1. The number of hydrogen-bond donors (Lipinski definition) is 1. The molecule has 0 aliphatic carbocycles. The van der Waals surface area contributed by atoms with E-state index >= 15 is 0 Å². The predicted molar refractivity (Wildman–Crippen MR) is 135 cm³/mol. The Morgan fingerprint density at radius 2 is 1.91 bits per heavy atom. The number of para-hydroxylation sites is 1. The van der Waals surface area contributed by atoms with E-state index in [1.165, 1.54) is 11.8 Å². The van der Waals surface area contributed by atoms with Crippen molar-refractivity contribution in [2.75, 3.05) is 18.8 Å². The van der Waals surface area contributed by atoms with Gasteiger partial charge < -0.3 is 9.88 Å². The topological polar surface area (TPSA) is 105 Å². The van der Waals surface area contributed by atoms with Crippen LogP contribution in [-0.2, 0) is 6.54 Å². The van der Waals surface area contributed by atoms with Gasteiger partial charge in [0.2, 0.25) is 5.78 Å². The predicted octanol–water partition coefficient (Wildman–Crippen LogP) is 3.77. The number of amides is 1. The van der Waals surface area contributed by atoms with Gasteiger partial charge in [-0.05, 0) is 37.5 Å². The van der Waals surface area contributed by atoms with E-state index in [0.29, 0.717) is 34.1 Å². The molecule has 0 unspecified atom stereocenters. The van der Waals surface area contributed by atoms with Crippen molar-refractivity contribution in [1.82, 2.24) is 29.0 Å². The lowest BCUT2D eigenvalue weighted by atomic mass is 10.2. The summed E-state index contributed by atoms with van der Waals surface area (Å²) in [5.74, 6) is 0.452. The van der Waals surface area contributed by atoms with Crippen LogP contribution in [0.4, 0.5) is 0 Å². The van der Waals surface area contributed by atoms with Gasteiger partial charge in [-0.3, -0.25) is 23.4 Å². The number of rotatable bonds is 9. The molecule has 35 heavy (non-hydrogen) atoms. The van der Waals surface area contributed by atoms with Gasteiger partial charge in [0.25, 0.3) is 11.5 Å². The number of carbonyl (C=O) groups excluding carboxylic acids is 2. The second-order valence-electron chi connectivity index (χ2n) is 8.81. The molecule has 4 heterocycles. The van der Waals surface area contributed by atoms with Gasteiger partial charge in [-0.1, -0.05) is 43.7 Å².